The smallest absolute Gasteiger partial charge is 0.310 e. The lowest BCUT2D eigenvalue weighted by molar-refractivity contribution is -0.146. The van der Waals surface area contributed by atoms with Gasteiger partial charge < -0.3 is 15.2 Å². The number of rotatable bonds is 4. The van der Waals surface area contributed by atoms with Gasteiger partial charge in [0.15, 0.2) is 0 Å². The summed E-state index contributed by atoms with van der Waals surface area (Å²) < 4.78 is 5.48. The number of carboxylic acid groups (broad SMARTS) is 1. The number of aliphatic carboxylic acids is 1. The summed E-state index contributed by atoms with van der Waals surface area (Å²) in [7, 11) is 0. The molecule has 20 heavy (non-hydrogen) atoms. The highest BCUT2D eigenvalue weighted by Crippen LogP contribution is 2.39. The molecule has 2 aliphatic heterocycles. The van der Waals surface area contributed by atoms with Crippen LogP contribution in [0.2, 0.25) is 0 Å². The number of carbonyl (C=O) groups excluding carboxylic acids is 1. The summed E-state index contributed by atoms with van der Waals surface area (Å²) in [6.45, 7) is 0.392. The fourth-order valence-corrected chi connectivity index (χ4v) is 2.82. The van der Waals surface area contributed by atoms with E-state index in [9.17, 15) is 14.7 Å². The number of hydrogen-bond donors (Lipinski definition) is 2. The van der Waals surface area contributed by atoms with Crippen molar-refractivity contribution in [2.75, 3.05) is 0 Å². The van der Waals surface area contributed by atoms with Gasteiger partial charge in [-0.1, -0.05) is 42.5 Å². The van der Waals surface area contributed by atoms with Crippen molar-refractivity contribution in [3.63, 3.8) is 0 Å². The molecule has 104 valence electrons. The van der Waals surface area contributed by atoms with Gasteiger partial charge in [-0.15, -0.1) is 0 Å². The third-order valence-corrected chi connectivity index (χ3v) is 3.80. The van der Waals surface area contributed by atoms with Gasteiger partial charge in [0.1, 0.15) is 5.92 Å². The molecule has 3 rings (SSSR count). The van der Waals surface area contributed by atoms with E-state index >= 15 is 0 Å². The molecule has 0 aromatic heterocycles. The van der Waals surface area contributed by atoms with Crippen molar-refractivity contribution < 1.29 is 19.4 Å². The Hall–Kier alpha value is -2.14. The molecule has 2 N–H and O–H groups in total. The summed E-state index contributed by atoms with van der Waals surface area (Å²) in [6, 6.07) is 9.51. The second-order valence-corrected chi connectivity index (χ2v) is 5.04. The third kappa shape index (κ3) is 2.20. The molecule has 0 saturated carbocycles. The number of ether oxygens (including phenoxy) is 1. The van der Waals surface area contributed by atoms with Gasteiger partial charge in [-0.3, -0.25) is 9.59 Å². The lowest BCUT2D eigenvalue weighted by atomic mass is 9.82. The Morgan fingerprint density at radius 1 is 1.10 bits per heavy atom. The third-order valence-electron chi connectivity index (χ3n) is 3.80. The molecule has 5 nitrogen and oxygen atoms in total. The maximum Gasteiger partial charge on any atom is 0.310 e. The van der Waals surface area contributed by atoms with E-state index in [2.05, 4.69) is 5.32 Å². The minimum Gasteiger partial charge on any atom is -0.481 e. The van der Waals surface area contributed by atoms with Crippen LogP contribution in [0.15, 0.2) is 42.5 Å². The van der Waals surface area contributed by atoms with Gasteiger partial charge >= 0.3 is 5.97 Å². The van der Waals surface area contributed by atoms with E-state index in [1.165, 1.54) is 0 Å². The van der Waals surface area contributed by atoms with Crippen LogP contribution in [0.5, 0.6) is 0 Å². The molecule has 2 bridgehead atoms. The molecule has 1 fully saturated rings. The minimum atomic E-state index is -0.985. The first-order valence-electron chi connectivity index (χ1n) is 6.55. The average Bonchev–Trinajstić information content (AvgIpc) is 3.06. The van der Waals surface area contributed by atoms with Crippen molar-refractivity contribution in [2.24, 2.45) is 11.8 Å². The SMILES string of the molecule is O=C(O)[C@@H]1[C@H](C(=O)NCc2ccccc2)[C@@H]2C=C[C@H]1O2. The summed E-state index contributed by atoms with van der Waals surface area (Å²) >= 11 is 0. The Morgan fingerprint density at radius 2 is 1.75 bits per heavy atom. The lowest BCUT2D eigenvalue weighted by Gasteiger charge is -2.20. The maximum atomic E-state index is 12.2. The lowest BCUT2D eigenvalue weighted by Crippen LogP contribution is -2.42. The Morgan fingerprint density at radius 3 is 2.40 bits per heavy atom. The van der Waals surface area contributed by atoms with Crippen LogP contribution in [0.25, 0.3) is 0 Å². The molecule has 4 atom stereocenters. The zero-order valence-corrected chi connectivity index (χ0v) is 10.7. The number of carboxylic acids is 1. The van der Waals surface area contributed by atoms with Crippen LogP contribution in [-0.4, -0.2) is 29.2 Å². The first-order chi connectivity index (χ1) is 9.66. The predicted octanol–water partition coefficient (Wildman–Crippen LogP) is 0.957. The molecular weight excluding hydrogens is 258 g/mol. The molecule has 5 heteroatoms. The van der Waals surface area contributed by atoms with Crippen LogP contribution in [0.4, 0.5) is 0 Å². The maximum absolute atomic E-state index is 12.2. The predicted molar refractivity (Wildman–Crippen MR) is 70.7 cm³/mol. The summed E-state index contributed by atoms with van der Waals surface area (Å²) in [6.07, 6.45) is 2.60. The van der Waals surface area contributed by atoms with Crippen LogP contribution in [0.3, 0.4) is 0 Å². The molecule has 0 spiro atoms. The second kappa shape index (κ2) is 5.09. The average molecular weight is 273 g/mol. The number of hydrogen-bond acceptors (Lipinski definition) is 3. The van der Waals surface area contributed by atoms with Gasteiger partial charge in [-0.25, -0.2) is 0 Å². The Labute approximate surface area is 116 Å². The van der Waals surface area contributed by atoms with E-state index in [1.807, 2.05) is 30.3 Å². The highest BCUT2D eigenvalue weighted by Gasteiger charge is 2.53. The Kier molecular flexibility index (Phi) is 3.28. The normalized spacial score (nSPS) is 30.4. The number of amides is 1. The van der Waals surface area contributed by atoms with Crippen molar-refractivity contribution in [1.82, 2.24) is 5.32 Å². The molecule has 1 aromatic carbocycles. The number of fused-ring (bicyclic) bond motifs is 2. The van der Waals surface area contributed by atoms with Gasteiger partial charge in [0.2, 0.25) is 5.91 Å². The molecule has 2 heterocycles. The van der Waals surface area contributed by atoms with E-state index < -0.39 is 30.0 Å². The summed E-state index contributed by atoms with van der Waals surface area (Å²) in [5.41, 5.74) is 0.979. The first kappa shape index (κ1) is 12.9. The zero-order valence-electron chi connectivity index (χ0n) is 10.7. The van der Waals surface area contributed by atoms with Gasteiger partial charge in [0.05, 0.1) is 18.1 Å². The van der Waals surface area contributed by atoms with Gasteiger partial charge in [0, 0.05) is 6.54 Å². The summed E-state index contributed by atoms with van der Waals surface area (Å²) in [4.78, 5) is 23.5. The standard InChI is InChI=1S/C15H15NO4/c17-14(16-8-9-4-2-1-3-5-9)12-10-6-7-11(20-10)13(12)15(18)19/h1-7,10-13H,8H2,(H,16,17)(H,18,19)/t10-,11+,12+,13-/m0/s1. The van der Waals surface area contributed by atoms with Gasteiger partial charge in [-0.05, 0) is 5.56 Å². The fraction of sp³-hybridized carbons (Fsp3) is 0.333. The second-order valence-electron chi connectivity index (χ2n) is 5.04. The molecule has 2 aliphatic rings. The van der Waals surface area contributed by atoms with Crippen LogP contribution in [0.1, 0.15) is 5.56 Å². The summed E-state index contributed by atoms with van der Waals surface area (Å²) in [5.74, 6) is -2.69. The van der Waals surface area contributed by atoms with Crippen molar-refractivity contribution in [3.05, 3.63) is 48.0 Å². The zero-order chi connectivity index (χ0) is 14.1. The van der Waals surface area contributed by atoms with Crippen LogP contribution < -0.4 is 5.32 Å². The fourth-order valence-electron chi connectivity index (χ4n) is 2.82. The van der Waals surface area contributed by atoms with E-state index in [-0.39, 0.29) is 5.91 Å². The largest absolute Gasteiger partial charge is 0.481 e. The van der Waals surface area contributed by atoms with Crippen molar-refractivity contribution >= 4 is 11.9 Å². The molecule has 1 saturated heterocycles. The highest BCUT2D eigenvalue weighted by molar-refractivity contribution is 5.87. The molecule has 0 unspecified atom stereocenters. The Bertz CT molecular complexity index is 554. The summed E-state index contributed by atoms with van der Waals surface area (Å²) in [5, 5.41) is 12.0. The number of carbonyl (C=O) groups is 2. The van der Waals surface area contributed by atoms with Crippen molar-refractivity contribution in [1.29, 1.82) is 0 Å². The van der Waals surface area contributed by atoms with Crippen LogP contribution in [-0.2, 0) is 20.9 Å². The van der Waals surface area contributed by atoms with Crippen LogP contribution >= 0.6 is 0 Å². The first-order valence-corrected chi connectivity index (χ1v) is 6.55. The Balaban J connectivity index is 1.68. The van der Waals surface area contributed by atoms with E-state index in [1.54, 1.807) is 12.2 Å². The topological polar surface area (TPSA) is 75.6 Å². The molecule has 0 aliphatic carbocycles. The minimum absolute atomic E-state index is 0.266. The van der Waals surface area contributed by atoms with Gasteiger partial charge in [-0.2, -0.15) is 0 Å². The molecule has 1 aromatic rings. The molecule has 0 radical (unpaired) electrons. The van der Waals surface area contributed by atoms with Crippen LogP contribution in [0, 0.1) is 11.8 Å². The van der Waals surface area contributed by atoms with Gasteiger partial charge in [0.25, 0.3) is 0 Å². The number of benzene rings is 1. The quantitative estimate of drug-likeness (QED) is 0.801. The van der Waals surface area contributed by atoms with E-state index in [4.69, 9.17) is 4.74 Å². The van der Waals surface area contributed by atoms with Crippen molar-refractivity contribution in [3.8, 4) is 0 Å². The highest BCUT2D eigenvalue weighted by atomic mass is 16.5. The van der Waals surface area contributed by atoms with E-state index in [0.717, 1.165) is 5.56 Å². The molecular formula is C15H15NO4. The number of nitrogens with one attached hydrogen (secondary N) is 1. The monoisotopic (exact) mass is 273 g/mol. The molecule has 1 amide bonds. The van der Waals surface area contributed by atoms with Crippen molar-refractivity contribution in [2.45, 2.75) is 18.8 Å². The van der Waals surface area contributed by atoms with E-state index in [0.29, 0.717) is 6.54 Å².